The third-order valence-corrected chi connectivity index (χ3v) is 5.19. The maximum atomic E-state index is 13.8. The number of aliphatic imine (C=N–C) groups is 1. The van der Waals surface area contributed by atoms with Crippen LogP contribution in [0.2, 0.25) is 0 Å². The van der Waals surface area contributed by atoms with E-state index in [1.807, 2.05) is 0 Å². The van der Waals surface area contributed by atoms with Gasteiger partial charge in [0.25, 0.3) is 6.09 Å². The van der Waals surface area contributed by atoms with Crippen LogP contribution in [0.3, 0.4) is 0 Å². The molecule has 0 bridgehead atoms. The van der Waals surface area contributed by atoms with Crippen molar-refractivity contribution in [2.75, 3.05) is 13.6 Å². The molecule has 3 rings (SSSR count). The van der Waals surface area contributed by atoms with E-state index in [4.69, 9.17) is 9.47 Å². The van der Waals surface area contributed by atoms with Crippen molar-refractivity contribution in [1.29, 1.82) is 0 Å². The van der Waals surface area contributed by atoms with E-state index >= 15 is 0 Å². The average Bonchev–Trinajstić information content (AvgIpc) is 3.21. The highest BCUT2D eigenvalue weighted by Crippen LogP contribution is 2.31. The number of carboxylic acid groups (broad SMARTS) is 1. The molecule has 0 aromatic heterocycles. The first kappa shape index (κ1) is 26.5. The summed E-state index contributed by atoms with van der Waals surface area (Å²) >= 11 is 0. The Morgan fingerprint density at radius 1 is 1.08 bits per heavy atom. The van der Waals surface area contributed by atoms with Crippen LogP contribution in [-0.2, 0) is 4.74 Å². The standard InChI is InChI=1S/C25H25F2N3O6/c1-25(2,3)36-23(32)29(4)13-11-21-28-12-14-30(21,24(33)34)17-6-8-18(9-7-17)35-22(31)19-10-5-16(26)15-20(19)27/h5-10,12,14-15H,11,13H2,1-4H3. The highest BCUT2D eigenvalue weighted by molar-refractivity contribution is 6.10. The lowest BCUT2D eigenvalue weighted by Crippen LogP contribution is -2.59. The molecule has 36 heavy (non-hydrogen) atoms. The summed E-state index contributed by atoms with van der Waals surface area (Å²) in [5, 5.41) is 12.3. The Labute approximate surface area is 206 Å². The fourth-order valence-electron chi connectivity index (χ4n) is 3.41. The highest BCUT2D eigenvalue weighted by atomic mass is 19.1. The summed E-state index contributed by atoms with van der Waals surface area (Å²) in [6, 6.07) is 7.89. The minimum Gasteiger partial charge on any atom is -0.497 e. The number of esters is 1. The lowest BCUT2D eigenvalue weighted by molar-refractivity contribution is -0.257. The van der Waals surface area contributed by atoms with Crippen molar-refractivity contribution in [3.63, 3.8) is 0 Å². The molecule has 1 atom stereocenters. The molecule has 0 radical (unpaired) electrons. The highest BCUT2D eigenvalue weighted by Gasteiger charge is 2.41. The fraction of sp³-hybridized carbons (Fsp3) is 0.280. The number of benzene rings is 2. The van der Waals surface area contributed by atoms with Gasteiger partial charge in [-0.3, -0.25) is 0 Å². The van der Waals surface area contributed by atoms with Crippen molar-refractivity contribution in [3.8, 4) is 5.75 Å². The zero-order chi connectivity index (χ0) is 26.7. The second-order valence-corrected chi connectivity index (χ2v) is 8.99. The average molecular weight is 501 g/mol. The molecule has 11 heteroatoms. The van der Waals surface area contributed by atoms with Crippen LogP contribution in [0.15, 0.2) is 59.9 Å². The quantitative estimate of drug-likeness (QED) is 0.337. The molecular formula is C25H25F2N3O6. The number of amidine groups is 1. The maximum Gasteiger partial charge on any atom is 0.410 e. The summed E-state index contributed by atoms with van der Waals surface area (Å²) in [5.41, 5.74) is -0.920. The fourth-order valence-corrected chi connectivity index (χ4v) is 3.41. The van der Waals surface area contributed by atoms with Crippen molar-refractivity contribution in [2.45, 2.75) is 32.8 Å². The molecule has 0 saturated carbocycles. The number of hydrogen-bond acceptors (Lipinski definition) is 7. The molecule has 1 aliphatic rings. The molecule has 1 heterocycles. The second kappa shape index (κ2) is 10.2. The third-order valence-electron chi connectivity index (χ3n) is 5.19. The molecule has 0 aliphatic carbocycles. The van der Waals surface area contributed by atoms with E-state index in [0.717, 1.165) is 12.1 Å². The minimum atomic E-state index is -1.49. The van der Waals surface area contributed by atoms with Gasteiger partial charge in [0.05, 0.1) is 18.2 Å². The zero-order valence-electron chi connectivity index (χ0n) is 20.2. The summed E-state index contributed by atoms with van der Waals surface area (Å²) < 4.78 is 36.5. The number of halogens is 2. The Hall–Kier alpha value is -4.12. The molecule has 0 saturated heterocycles. The van der Waals surface area contributed by atoms with Crippen molar-refractivity contribution >= 4 is 29.7 Å². The Morgan fingerprint density at radius 3 is 2.33 bits per heavy atom. The van der Waals surface area contributed by atoms with Crippen LogP contribution >= 0.6 is 0 Å². The van der Waals surface area contributed by atoms with Crippen molar-refractivity contribution in [3.05, 3.63) is 72.1 Å². The van der Waals surface area contributed by atoms with Gasteiger partial charge in [-0.2, -0.15) is 4.48 Å². The van der Waals surface area contributed by atoms with Gasteiger partial charge < -0.3 is 24.3 Å². The second-order valence-electron chi connectivity index (χ2n) is 8.99. The zero-order valence-corrected chi connectivity index (χ0v) is 20.2. The van der Waals surface area contributed by atoms with Crippen molar-refractivity contribution < 1.29 is 37.7 Å². The van der Waals surface area contributed by atoms with Gasteiger partial charge in [0.1, 0.15) is 34.9 Å². The Kier molecular flexibility index (Phi) is 7.54. The van der Waals surface area contributed by atoms with Crippen LogP contribution in [0.25, 0.3) is 0 Å². The largest absolute Gasteiger partial charge is 0.497 e. The first-order chi connectivity index (χ1) is 16.8. The Bertz CT molecular complexity index is 1240. The molecule has 0 spiro atoms. The molecular weight excluding hydrogens is 476 g/mol. The lowest BCUT2D eigenvalue weighted by Gasteiger charge is -2.32. The summed E-state index contributed by atoms with van der Waals surface area (Å²) in [6.07, 6.45) is 0.679. The molecule has 9 nitrogen and oxygen atoms in total. The monoisotopic (exact) mass is 501 g/mol. The first-order valence-electron chi connectivity index (χ1n) is 10.9. The third kappa shape index (κ3) is 5.74. The normalized spacial score (nSPS) is 16.9. The van der Waals surface area contributed by atoms with Crippen LogP contribution in [0.1, 0.15) is 37.6 Å². The molecule has 1 aliphatic heterocycles. The molecule has 190 valence electrons. The number of ether oxygens (including phenoxy) is 2. The summed E-state index contributed by atoms with van der Waals surface area (Å²) in [4.78, 5) is 42.2. The molecule has 2 amide bonds. The first-order valence-corrected chi connectivity index (χ1v) is 10.9. The van der Waals surface area contributed by atoms with Gasteiger partial charge in [0, 0.05) is 31.8 Å². The number of quaternary nitrogens is 1. The topological polar surface area (TPSA) is 108 Å². The van der Waals surface area contributed by atoms with Crippen LogP contribution in [-0.4, -0.2) is 48.1 Å². The number of carbonyl (C=O) groups excluding carboxylic acids is 3. The predicted molar refractivity (Wildman–Crippen MR) is 125 cm³/mol. The number of nitrogens with zero attached hydrogens (tertiary/aromatic N) is 3. The van der Waals surface area contributed by atoms with E-state index in [1.165, 1.54) is 48.6 Å². The Balaban J connectivity index is 1.75. The number of rotatable bonds is 6. The van der Waals surface area contributed by atoms with Gasteiger partial charge in [-0.05, 0) is 45.0 Å². The summed E-state index contributed by atoms with van der Waals surface area (Å²) in [5.74, 6) is -2.76. The maximum absolute atomic E-state index is 13.8. The Morgan fingerprint density at radius 2 is 1.75 bits per heavy atom. The van der Waals surface area contributed by atoms with E-state index in [0.29, 0.717) is 6.07 Å². The van der Waals surface area contributed by atoms with Crippen molar-refractivity contribution in [1.82, 2.24) is 9.38 Å². The van der Waals surface area contributed by atoms with Crippen LogP contribution in [0, 0.1) is 11.6 Å². The minimum absolute atomic E-state index is 0.00953. The van der Waals surface area contributed by atoms with E-state index in [-0.39, 0.29) is 30.2 Å². The molecule has 2 aromatic rings. The molecule has 2 aromatic carbocycles. The lowest BCUT2D eigenvalue weighted by atomic mass is 10.2. The van der Waals surface area contributed by atoms with Gasteiger partial charge in [-0.15, -0.1) is 0 Å². The SMILES string of the molecule is CN(CCC1=NC=C[N+]1(C(=O)[O-])c1ccc(OC(=O)c2ccc(F)cc2F)cc1)C(=O)OC(C)(C)C. The van der Waals surface area contributed by atoms with Gasteiger partial charge in [-0.1, -0.05) is 0 Å². The van der Waals surface area contributed by atoms with Gasteiger partial charge >= 0.3 is 12.1 Å². The molecule has 0 fully saturated rings. The number of carbonyl (C=O) groups is 3. The molecule has 0 N–H and O–H groups in total. The summed E-state index contributed by atoms with van der Waals surface area (Å²) in [6.45, 7) is 5.33. The predicted octanol–water partition coefficient (Wildman–Crippen LogP) is 3.97. The van der Waals surface area contributed by atoms with E-state index in [9.17, 15) is 28.3 Å². The van der Waals surface area contributed by atoms with Crippen LogP contribution in [0.5, 0.6) is 5.75 Å². The molecule has 1 unspecified atom stereocenters. The van der Waals surface area contributed by atoms with Crippen LogP contribution in [0.4, 0.5) is 24.1 Å². The number of amides is 2. The van der Waals surface area contributed by atoms with Gasteiger partial charge in [0.15, 0.2) is 0 Å². The van der Waals surface area contributed by atoms with Gasteiger partial charge in [0.2, 0.25) is 5.84 Å². The van der Waals surface area contributed by atoms with Crippen LogP contribution < -0.4 is 14.3 Å². The number of hydrogen-bond donors (Lipinski definition) is 0. The van der Waals surface area contributed by atoms with Crippen molar-refractivity contribution in [2.24, 2.45) is 4.99 Å². The van der Waals surface area contributed by atoms with E-state index in [2.05, 4.69) is 4.99 Å². The van der Waals surface area contributed by atoms with Gasteiger partial charge in [-0.25, -0.2) is 23.4 Å². The van der Waals surface area contributed by atoms with E-state index < -0.39 is 45.4 Å². The smallest absolute Gasteiger partial charge is 0.410 e. The summed E-state index contributed by atoms with van der Waals surface area (Å²) in [7, 11) is 1.53. The van der Waals surface area contributed by atoms with E-state index in [1.54, 1.807) is 20.8 Å².